The number of sulfone groups is 1. The minimum absolute atomic E-state index is 0.0814. The van der Waals surface area contributed by atoms with Gasteiger partial charge in [0.25, 0.3) is 0 Å². The predicted octanol–water partition coefficient (Wildman–Crippen LogP) is -0.440. The Hall–Kier alpha value is -0.950. The van der Waals surface area contributed by atoms with E-state index in [0.29, 0.717) is 18.8 Å². The van der Waals surface area contributed by atoms with E-state index in [2.05, 4.69) is 10.3 Å². The van der Waals surface area contributed by atoms with Crippen LogP contribution >= 0.6 is 0 Å². The highest BCUT2D eigenvalue weighted by molar-refractivity contribution is 7.91. The lowest BCUT2D eigenvalue weighted by atomic mass is 10.5. The van der Waals surface area contributed by atoms with E-state index in [0.717, 1.165) is 0 Å². The third-order valence-corrected chi connectivity index (χ3v) is 4.31. The third kappa shape index (κ3) is 3.28. The topological polar surface area (TPSA) is 90.9 Å². The van der Waals surface area contributed by atoms with Gasteiger partial charge in [-0.3, -0.25) is 4.68 Å². The van der Waals surface area contributed by atoms with Crippen molar-refractivity contribution in [2.24, 2.45) is 5.73 Å². The fourth-order valence-electron chi connectivity index (χ4n) is 0.998. The molecule has 1 rings (SSSR count). The molecule has 0 atom stereocenters. The van der Waals surface area contributed by atoms with Gasteiger partial charge in [-0.15, -0.1) is 5.10 Å². The molecule has 7 heteroatoms. The Morgan fingerprint density at radius 2 is 2.20 bits per heavy atom. The van der Waals surface area contributed by atoms with Gasteiger partial charge in [-0.05, 0) is 13.8 Å². The second-order valence-corrected chi connectivity index (χ2v) is 6.27. The molecular weight excluding hydrogens is 216 g/mol. The van der Waals surface area contributed by atoms with E-state index in [4.69, 9.17) is 5.73 Å². The van der Waals surface area contributed by atoms with Gasteiger partial charge in [-0.25, -0.2) is 8.42 Å². The Morgan fingerprint density at radius 3 is 2.67 bits per heavy atom. The van der Waals surface area contributed by atoms with Crippen LogP contribution in [0.25, 0.3) is 0 Å². The summed E-state index contributed by atoms with van der Waals surface area (Å²) in [5.74, 6) is 0.0814. The van der Waals surface area contributed by atoms with E-state index >= 15 is 0 Å². The largest absolute Gasteiger partial charge is 0.325 e. The molecule has 0 aliphatic heterocycles. The maximum Gasteiger partial charge on any atom is 0.154 e. The summed E-state index contributed by atoms with van der Waals surface area (Å²) in [4.78, 5) is 0. The van der Waals surface area contributed by atoms with Crippen molar-refractivity contribution in [1.82, 2.24) is 15.0 Å². The lowest BCUT2D eigenvalue weighted by molar-refractivity contribution is 0.568. The second-order valence-electron chi connectivity index (χ2n) is 3.59. The van der Waals surface area contributed by atoms with Gasteiger partial charge in [0, 0.05) is 12.7 Å². The minimum atomic E-state index is -3.01. The lowest BCUT2D eigenvalue weighted by Gasteiger charge is -2.06. The molecule has 0 aromatic carbocycles. The number of aromatic nitrogens is 3. The summed E-state index contributed by atoms with van der Waals surface area (Å²) >= 11 is 0. The third-order valence-electron chi connectivity index (χ3n) is 2.12. The molecule has 0 spiro atoms. The van der Waals surface area contributed by atoms with Crippen molar-refractivity contribution in [3.8, 4) is 0 Å². The molecule has 0 unspecified atom stereocenters. The molecule has 0 aliphatic rings. The normalized spacial score (nSPS) is 12.3. The van der Waals surface area contributed by atoms with Crippen molar-refractivity contribution in [2.75, 3.05) is 5.75 Å². The number of rotatable bonds is 5. The summed E-state index contributed by atoms with van der Waals surface area (Å²) < 4.78 is 24.5. The second kappa shape index (κ2) is 4.71. The molecule has 86 valence electrons. The standard InChI is InChI=1S/C8H16N4O2S/c1-7(2)15(13,14)4-3-12-6-8(5-9)10-11-12/h6-7H,3-5,9H2,1-2H3. The van der Waals surface area contributed by atoms with Gasteiger partial charge >= 0.3 is 0 Å². The number of nitrogens with two attached hydrogens (primary N) is 1. The van der Waals surface area contributed by atoms with E-state index in [1.54, 1.807) is 20.0 Å². The van der Waals surface area contributed by atoms with E-state index < -0.39 is 9.84 Å². The van der Waals surface area contributed by atoms with Crippen LogP contribution in [-0.4, -0.2) is 34.4 Å². The van der Waals surface area contributed by atoms with Crippen LogP contribution in [0, 0.1) is 0 Å². The molecule has 1 heterocycles. The molecule has 1 aromatic heterocycles. The zero-order valence-electron chi connectivity index (χ0n) is 8.92. The highest BCUT2D eigenvalue weighted by Gasteiger charge is 2.15. The molecule has 0 saturated carbocycles. The van der Waals surface area contributed by atoms with Crippen LogP contribution in [0.5, 0.6) is 0 Å². The Bertz CT molecular complexity index is 410. The summed E-state index contributed by atoms with van der Waals surface area (Å²) in [7, 11) is -3.01. The monoisotopic (exact) mass is 232 g/mol. The van der Waals surface area contributed by atoms with Gasteiger partial charge in [-0.2, -0.15) is 0 Å². The van der Waals surface area contributed by atoms with E-state index in [9.17, 15) is 8.42 Å². The van der Waals surface area contributed by atoms with Gasteiger partial charge in [0.05, 0.1) is 23.2 Å². The van der Waals surface area contributed by atoms with Crippen molar-refractivity contribution in [1.29, 1.82) is 0 Å². The first-order valence-electron chi connectivity index (χ1n) is 4.76. The molecule has 0 fully saturated rings. The van der Waals surface area contributed by atoms with Gasteiger partial charge < -0.3 is 5.73 Å². The predicted molar refractivity (Wildman–Crippen MR) is 56.8 cm³/mol. The van der Waals surface area contributed by atoms with Crippen molar-refractivity contribution in [3.63, 3.8) is 0 Å². The van der Waals surface area contributed by atoms with E-state index in [-0.39, 0.29) is 11.0 Å². The van der Waals surface area contributed by atoms with E-state index in [1.807, 2.05) is 0 Å². The number of hydrogen-bond acceptors (Lipinski definition) is 5. The fourth-order valence-corrected chi connectivity index (χ4v) is 1.91. The maximum atomic E-state index is 11.5. The van der Waals surface area contributed by atoms with Crippen molar-refractivity contribution in [3.05, 3.63) is 11.9 Å². The van der Waals surface area contributed by atoms with Crippen LogP contribution in [-0.2, 0) is 22.9 Å². The Morgan fingerprint density at radius 1 is 1.53 bits per heavy atom. The molecule has 0 aliphatic carbocycles. The van der Waals surface area contributed by atoms with Gasteiger partial charge in [0.1, 0.15) is 0 Å². The van der Waals surface area contributed by atoms with Crippen LogP contribution in [0.4, 0.5) is 0 Å². The zero-order valence-corrected chi connectivity index (χ0v) is 9.74. The average molecular weight is 232 g/mol. The highest BCUT2D eigenvalue weighted by Crippen LogP contribution is 2.01. The Balaban J connectivity index is 2.58. The molecule has 0 bridgehead atoms. The molecule has 2 N–H and O–H groups in total. The van der Waals surface area contributed by atoms with Crippen LogP contribution in [0.2, 0.25) is 0 Å². The smallest absolute Gasteiger partial charge is 0.154 e. The SMILES string of the molecule is CC(C)S(=O)(=O)CCn1cc(CN)nn1. The number of hydrogen-bond donors (Lipinski definition) is 1. The van der Waals surface area contributed by atoms with Crippen LogP contribution < -0.4 is 5.73 Å². The van der Waals surface area contributed by atoms with Crippen molar-refractivity contribution < 1.29 is 8.42 Å². The Kier molecular flexibility index (Phi) is 3.81. The van der Waals surface area contributed by atoms with Crippen LogP contribution in [0.15, 0.2) is 6.20 Å². The van der Waals surface area contributed by atoms with E-state index in [1.165, 1.54) is 4.68 Å². The van der Waals surface area contributed by atoms with Gasteiger partial charge in [0.2, 0.25) is 0 Å². The summed E-state index contributed by atoms with van der Waals surface area (Å²) in [5.41, 5.74) is 6.02. The van der Waals surface area contributed by atoms with Crippen molar-refractivity contribution >= 4 is 9.84 Å². The van der Waals surface area contributed by atoms with Crippen LogP contribution in [0.1, 0.15) is 19.5 Å². The van der Waals surface area contributed by atoms with Crippen molar-refractivity contribution in [2.45, 2.75) is 32.2 Å². The lowest BCUT2D eigenvalue weighted by Crippen LogP contribution is -2.21. The molecule has 0 saturated heterocycles. The summed E-state index contributed by atoms with van der Waals surface area (Å²) in [5, 5.41) is 7.19. The molecular formula is C8H16N4O2S. The molecule has 6 nitrogen and oxygen atoms in total. The minimum Gasteiger partial charge on any atom is -0.325 e. The summed E-state index contributed by atoms with van der Waals surface area (Å²) in [6.45, 7) is 3.98. The number of nitrogens with zero attached hydrogens (tertiary/aromatic N) is 3. The quantitative estimate of drug-likeness (QED) is 0.743. The molecule has 0 amide bonds. The number of aryl methyl sites for hydroxylation is 1. The Labute approximate surface area is 89.4 Å². The first-order valence-corrected chi connectivity index (χ1v) is 6.48. The molecule has 0 radical (unpaired) electrons. The summed E-state index contributed by atoms with van der Waals surface area (Å²) in [6, 6.07) is 0. The summed E-state index contributed by atoms with van der Waals surface area (Å²) in [6.07, 6.45) is 1.66. The average Bonchev–Trinajstić information content (AvgIpc) is 2.62. The molecule has 1 aromatic rings. The molecule has 15 heavy (non-hydrogen) atoms. The van der Waals surface area contributed by atoms with Crippen LogP contribution in [0.3, 0.4) is 0 Å². The fraction of sp³-hybridized carbons (Fsp3) is 0.750. The maximum absolute atomic E-state index is 11.5. The first kappa shape index (κ1) is 12.1. The van der Waals surface area contributed by atoms with Gasteiger partial charge in [-0.1, -0.05) is 5.21 Å². The zero-order chi connectivity index (χ0) is 11.5. The van der Waals surface area contributed by atoms with Gasteiger partial charge in [0.15, 0.2) is 9.84 Å². The highest BCUT2D eigenvalue weighted by atomic mass is 32.2. The first-order chi connectivity index (χ1) is 6.95.